The number of hydrogen-bond acceptors (Lipinski definition) is 5. The predicted molar refractivity (Wildman–Crippen MR) is 156 cm³/mol. The molecule has 1 fully saturated rings. The van der Waals surface area contributed by atoms with Gasteiger partial charge in [-0.3, -0.25) is 0 Å². The molecule has 192 valence electrons. The molecule has 1 aliphatic rings. The summed E-state index contributed by atoms with van der Waals surface area (Å²) in [5, 5.41) is 1.09. The fourth-order valence-electron chi connectivity index (χ4n) is 5.46. The number of aryl methyl sites for hydroxylation is 1. The Kier molecular flexibility index (Phi) is 6.46. The third-order valence-electron chi connectivity index (χ3n) is 7.37. The topological polar surface area (TPSA) is 46.4 Å². The molecular weight excluding hydrogens is 470 g/mol. The second-order valence-electron chi connectivity index (χ2n) is 9.93. The molecule has 0 N–H and O–H groups in total. The first-order valence-electron chi connectivity index (χ1n) is 13.4. The molecule has 0 saturated carbocycles. The third kappa shape index (κ3) is 4.47. The number of aromatic nitrogens is 3. The van der Waals surface area contributed by atoms with Crippen molar-refractivity contribution in [3.63, 3.8) is 0 Å². The van der Waals surface area contributed by atoms with Crippen molar-refractivity contribution in [1.82, 2.24) is 14.5 Å². The Hall–Kier alpha value is -4.32. The van der Waals surface area contributed by atoms with Crippen molar-refractivity contribution >= 4 is 22.5 Å². The molecule has 0 spiro atoms. The molecule has 0 radical (unpaired) electrons. The fourth-order valence-corrected chi connectivity index (χ4v) is 5.46. The first kappa shape index (κ1) is 24.0. The summed E-state index contributed by atoms with van der Waals surface area (Å²) in [5.41, 5.74) is 6.81. The monoisotopic (exact) mass is 503 g/mol. The summed E-state index contributed by atoms with van der Waals surface area (Å²) in [6.45, 7) is 9.81. The second kappa shape index (κ2) is 10.2. The first-order chi connectivity index (χ1) is 18.6. The van der Waals surface area contributed by atoms with Crippen LogP contribution in [0.25, 0.3) is 27.8 Å². The van der Waals surface area contributed by atoms with Crippen LogP contribution in [0.2, 0.25) is 0 Å². The number of benzene rings is 3. The number of anilines is 2. The lowest BCUT2D eigenvalue weighted by atomic mass is 10.1. The van der Waals surface area contributed by atoms with E-state index in [1.807, 2.05) is 19.1 Å². The smallest absolute Gasteiger partial charge is 0.150 e. The summed E-state index contributed by atoms with van der Waals surface area (Å²) in [4.78, 5) is 14.6. The minimum atomic E-state index is 0.352. The standard InChI is InChI=1S/C32H33N5O/c1-4-38-28-16-14-27(15-17-28)37-21-29(25-8-6-5-7-9-25)30-31(33-22-34-32(30)37)35-18-19-36(24(3)20-35)26-12-10-23(2)11-13-26/h5-17,21-22,24H,4,18-20H2,1-3H3. The van der Waals surface area contributed by atoms with Gasteiger partial charge in [0, 0.05) is 48.8 Å². The Labute approximate surface area is 224 Å². The molecule has 2 aromatic heterocycles. The van der Waals surface area contributed by atoms with Crippen molar-refractivity contribution in [3.8, 4) is 22.6 Å². The molecule has 6 rings (SSSR count). The third-order valence-corrected chi connectivity index (χ3v) is 7.37. The van der Waals surface area contributed by atoms with Crippen LogP contribution < -0.4 is 14.5 Å². The minimum absolute atomic E-state index is 0.352. The lowest BCUT2D eigenvalue weighted by Crippen LogP contribution is -2.52. The van der Waals surface area contributed by atoms with E-state index < -0.39 is 0 Å². The number of rotatable bonds is 6. The summed E-state index contributed by atoms with van der Waals surface area (Å²) < 4.78 is 7.84. The maximum atomic E-state index is 5.67. The average Bonchev–Trinajstić information content (AvgIpc) is 3.35. The molecule has 5 aromatic rings. The fraction of sp³-hybridized carbons (Fsp3) is 0.250. The van der Waals surface area contributed by atoms with Gasteiger partial charge < -0.3 is 19.1 Å². The summed E-state index contributed by atoms with van der Waals surface area (Å²) >= 11 is 0. The zero-order chi connectivity index (χ0) is 26.1. The van der Waals surface area contributed by atoms with Gasteiger partial charge in [0.1, 0.15) is 17.9 Å². The number of nitrogens with zero attached hydrogens (tertiary/aromatic N) is 5. The Morgan fingerprint density at radius 2 is 1.61 bits per heavy atom. The van der Waals surface area contributed by atoms with Gasteiger partial charge in [-0.1, -0.05) is 48.0 Å². The lowest BCUT2D eigenvalue weighted by molar-refractivity contribution is 0.340. The zero-order valence-corrected chi connectivity index (χ0v) is 22.2. The SMILES string of the molecule is CCOc1ccc(-n2cc(-c3ccccc3)c3c(N4CCN(c5ccc(C)cc5)C(C)C4)ncnc32)cc1. The van der Waals surface area contributed by atoms with Crippen LogP contribution in [0.4, 0.5) is 11.5 Å². The summed E-state index contributed by atoms with van der Waals surface area (Å²) in [6, 6.07) is 27.9. The molecule has 3 aromatic carbocycles. The maximum absolute atomic E-state index is 5.67. The summed E-state index contributed by atoms with van der Waals surface area (Å²) in [7, 11) is 0. The highest BCUT2D eigenvalue weighted by Crippen LogP contribution is 2.37. The highest BCUT2D eigenvalue weighted by molar-refractivity contribution is 6.02. The Morgan fingerprint density at radius 1 is 0.868 bits per heavy atom. The molecule has 1 aliphatic heterocycles. The van der Waals surface area contributed by atoms with E-state index in [1.165, 1.54) is 11.3 Å². The van der Waals surface area contributed by atoms with E-state index in [0.29, 0.717) is 12.6 Å². The van der Waals surface area contributed by atoms with Gasteiger partial charge in [0.05, 0.1) is 12.0 Å². The lowest BCUT2D eigenvalue weighted by Gasteiger charge is -2.42. The molecule has 1 unspecified atom stereocenters. The molecule has 0 amide bonds. The van der Waals surface area contributed by atoms with E-state index >= 15 is 0 Å². The van der Waals surface area contributed by atoms with Crippen LogP contribution in [-0.4, -0.2) is 46.8 Å². The molecule has 1 atom stereocenters. The van der Waals surface area contributed by atoms with Gasteiger partial charge in [-0.15, -0.1) is 0 Å². The van der Waals surface area contributed by atoms with Crippen LogP contribution in [0.1, 0.15) is 19.4 Å². The maximum Gasteiger partial charge on any atom is 0.150 e. The number of piperazine rings is 1. The van der Waals surface area contributed by atoms with Crippen LogP contribution >= 0.6 is 0 Å². The number of hydrogen-bond donors (Lipinski definition) is 0. The van der Waals surface area contributed by atoms with Gasteiger partial charge >= 0.3 is 0 Å². The van der Waals surface area contributed by atoms with Crippen LogP contribution in [0.15, 0.2) is 91.4 Å². The van der Waals surface area contributed by atoms with Crippen LogP contribution in [0.5, 0.6) is 5.75 Å². The van der Waals surface area contributed by atoms with Crippen LogP contribution in [-0.2, 0) is 0 Å². The van der Waals surface area contributed by atoms with Crippen molar-refractivity contribution in [3.05, 3.63) is 97.0 Å². The molecule has 6 heteroatoms. The van der Waals surface area contributed by atoms with Crippen LogP contribution in [0, 0.1) is 6.92 Å². The molecule has 0 aliphatic carbocycles. The van der Waals surface area contributed by atoms with Gasteiger partial charge in [0.25, 0.3) is 0 Å². The first-order valence-corrected chi connectivity index (χ1v) is 13.4. The molecule has 3 heterocycles. The van der Waals surface area contributed by atoms with E-state index in [0.717, 1.165) is 59.0 Å². The zero-order valence-electron chi connectivity index (χ0n) is 22.2. The Morgan fingerprint density at radius 3 is 2.32 bits per heavy atom. The highest BCUT2D eigenvalue weighted by Gasteiger charge is 2.28. The van der Waals surface area contributed by atoms with E-state index in [-0.39, 0.29) is 0 Å². The van der Waals surface area contributed by atoms with Crippen molar-refractivity contribution in [2.45, 2.75) is 26.8 Å². The van der Waals surface area contributed by atoms with Crippen molar-refractivity contribution in [1.29, 1.82) is 0 Å². The van der Waals surface area contributed by atoms with Gasteiger partial charge in [0.15, 0.2) is 5.65 Å². The minimum Gasteiger partial charge on any atom is -0.494 e. The number of fused-ring (bicyclic) bond motifs is 1. The van der Waals surface area contributed by atoms with E-state index in [4.69, 9.17) is 14.7 Å². The largest absolute Gasteiger partial charge is 0.494 e. The molecular formula is C32H33N5O. The van der Waals surface area contributed by atoms with Crippen molar-refractivity contribution < 1.29 is 4.74 Å². The Bertz CT molecular complexity index is 1530. The van der Waals surface area contributed by atoms with Crippen molar-refractivity contribution in [2.24, 2.45) is 0 Å². The van der Waals surface area contributed by atoms with E-state index in [2.05, 4.69) is 101 Å². The molecule has 1 saturated heterocycles. The quantitative estimate of drug-likeness (QED) is 0.264. The van der Waals surface area contributed by atoms with Gasteiger partial charge in [-0.2, -0.15) is 0 Å². The van der Waals surface area contributed by atoms with Gasteiger partial charge in [-0.05, 0) is 62.7 Å². The number of ether oxygens (including phenoxy) is 1. The van der Waals surface area contributed by atoms with Gasteiger partial charge in [-0.25, -0.2) is 9.97 Å². The van der Waals surface area contributed by atoms with Crippen molar-refractivity contribution in [2.75, 3.05) is 36.0 Å². The molecule has 38 heavy (non-hydrogen) atoms. The highest BCUT2D eigenvalue weighted by atomic mass is 16.5. The average molecular weight is 504 g/mol. The van der Waals surface area contributed by atoms with E-state index in [1.54, 1.807) is 6.33 Å². The normalized spacial score (nSPS) is 15.7. The van der Waals surface area contributed by atoms with Crippen LogP contribution in [0.3, 0.4) is 0 Å². The molecule has 0 bridgehead atoms. The van der Waals surface area contributed by atoms with E-state index in [9.17, 15) is 0 Å². The predicted octanol–water partition coefficient (Wildman–Crippen LogP) is 6.51. The molecule has 6 nitrogen and oxygen atoms in total. The summed E-state index contributed by atoms with van der Waals surface area (Å²) in [6.07, 6.45) is 3.90. The summed E-state index contributed by atoms with van der Waals surface area (Å²) in [5.74, 6) is 1.86. The van der Waals surface area contributed by atoms with Gasteiger partial charge in [0.2, 0.25) is 0 Å². The Balaban J connectivity index is 1.41. The second-order valence-corrected chi connectivity index (χ2v) is 9.93.